The molecule has 0 saturated carbocycles. The molecule has 0 aromatic heterocycles. The van der Waals surface area contributed by atoms with E-state index in [4.69, 9.17) is 14.2 Å². The second kappa shape index (κ2) is 10.6. The van der Waals surface area contributed by atoms with Gasteiger partial charge in [0.2, 0.25) is 0 Å². The smallest absolute Gasteiger partial charge is 0.254 e. The fourth-order valence-corrected chi connectivity index (χ4v) is 4.19. The van der Waals surface area contributed by atoms with Crippen LogP contribution >= 0.6 is 0 Å². The van der Waals surface area contributed by atoms with Gasteiger partial charge in [0.1, 0.15) is 18.1 Å². The molecule has 2 aliphatic rings. The largest absolute Gasteiger partial charge is 0.497 e. The van der Waals surface area contributed by atoms with Gasteiger partial charge in [-0.25, -0.2) is 0 Å². The van der Waals surface area contributed by atoms with Gasteiger partial charge in [-0.05, 0) is 55.2 Å². The van der Waals surface area contributed by atoms with E-state index in [1.54, 1.807) is 7.11 Å². The van der Waals surface area contributed by atoms with Crippen molar-refractivity contribution in [2.45, 2.75) is 31.9 Å². The van der Waals surface area contributed by atoms with Crippen LogP contribution in [0.5, 0.6) is 11.5 Å². The van der Waals surface area contributed by atoms with E-state index < -0.39 is 0 Å². The fourth-order valence-electron chi connectivity index (χ4n) is 4.19. The summed E-state index contributed by atoms with van der Waals surface area (Å²) in [4.78, 5) is 17.5. The Morgan fingerprint density at radius 1 is 1.03 bits per heavy atom. The first kappa shape index (κ1) is 21.7. The lowest BCUT2D eigenvalue weighted by Gasteiger charge is -2.22. The van der Waals surface area contributed by atoms with Crippen molar-refractivity contribution < 1.29 is 19.0 Å². The number of rotatable bonds is 7. The molecule has 1 amide bonds. The van der Waals surface area contributed by atoms with Gasteiger partial charge in [0, 0.05) is 44.9 Å². The number of nitrogens with zero attached hydrogens (tertiary/aromatic N) is 2. The molecule has 6 heteroatoms. The maximum Gasteiger partial charge on any atom is 0.254 e. The molecule has 1 unspecified atom stereocenters. The highest BCUT2D eigenvalue weighted by Crippen LogP contribution is 2.19. The molecule has 0 aliphatic carbocycles. The van der Waals surface area contributed by atoms with Crippen LogP contribution in [-0.4, -0.2) is 68.3 Å². The third-order valence-electron chi connectivity index (χ3n) is 5.98. The molecule has 0 bridgehead atoms. The highest BCUT2D eigenvalue weighted by molar-refractivity contribution is 5.94. The Morgan fingerprint density at radius 2 is 1.90 bits per heavy atom. The topological polar surface area (TPSA) is 51.2 Å². The Labute approximate surface area is 184 Å². The van der Waals surface area contributed by atoms with Crippen molar-refractivity contribution in [3.05, 3.63) is 59.7 Å². The Balaban J connectivity index is 1.31. The van der Waals surface area contributed by atoms with E-state index in [0.29, 0.717) is 12.2 Å². The molecule has 4 rings (SSSR count). The second-order valence-electron chi connectivity index (χ2n) is 8.24. The summed E-state index contributed by atoms with van der Waals surface area (Å²) in [5.74, 6) is 1.68. The molecular formula is C25H32N2O4. The number of carbonyl (C=O) groups is 1. The predicted octanol–water partition coefficient (Wildman–Crippen LogP) is 3.60. The predicted molar refractivity (Wildman–Crippen MR) is 120 cm³/mol. The van der Waals surface area contributed by atoms with E-state index in [1.807, 2.05) is 41.3 Å². The van der Waals surface area contributed by atoms with Gasteiger partial charge >= 0.3 is 0 Å². The molecule has 1 atom stereocenters. The van der Waals surface area contributed by atoms with Crippen LogP contribution in [0, 0.1) is 0 Å². The van der Waals surface area contributed by atoms with Crippen molar-refractivity contribution in [3.8, 4) is 11.5 Å². The number of ether oxygens (including phenoxy) is 3. The molecule has 6 nitrogen and oxygen atoms in total. The number of benzene rings is 2. The molecular weight excluding hydrogens is 392 g/mol. The number of methoxy groups -OCH3 is 1. The minimum atomic E-state index is 0.0777. The Bertz CT molecular complexity index is 849. The average molecular weight is 425 g/mol. The van der Waals surface area contributed by atoms with Gasteiger partial charge in [-0.15, -0.1) is 0 Å². The third-order valence-corrected chi connectivity index (χ3v) is 5.98. The minimum absolute atomic E-state index is 0.0777. The summed E-state index contributed by atoms with van der Waals surface area (Å²) < 4.78 is 16.7. The van der Waals surface area contributed by atoms with E-state index in [2.05, 4.69) is 17.0 Å². The van der Waals surface area contributed by atoms with E-state index in [1.165, 1.54) is 5.56 Å². The van der Waals surface area contributed by atoms with Crippen LogP contribution in [0.4, 0.5) is 0 Å². The summed E-state index contributed by atoms with van der Waals surface area (Å²) in [6.07, 6.45) is 3.27. The quantitative estimate of drug-likeness (QED) is 0.680. The van der Waals surface area contributed by atoms with Crippen LogP contribution in [0.2, 0.25) is 0 Å². The van der Waals surface area contributed by atoms with Crippen LogP contribution < -0.4 is 9.47 Å². The lowest BCUT2D eigenvalue weighted by molar-refractivity contribution is 0.0677. The first-order valence-corrected chi connectivity index (χ1v) is 11.2. The standard InChI is InChI=1S/C25H32N2O4/c1-29-22-10-8-20(9-11-22)18-26-12-4-13-27(15-14-26)25(28)21-5-2-6-23(17-21)31-19-24-7-3-16-30-24/h2,5-6,8-11,17,24H,3-4,7,12-16,18-19H2,1H3. The molecule has 0 spiro atoms. The van der Waals surface area contributed by atoms with Crippen molar-refractivity contribution in [2.75, 3.05) is 46.5 Å². The zero-order valence-corrected chi connectivity index (χ0v) is 18.3. The molecule has 2 saturated heterocycles. The van der Waals surface area contributed by atoms with Crippen LogP contribution in [0.25, 0.3) is 0 Å². The molecule has 2 fully saturated rings. The van der Waals surface area contributed by atoms with Crippen molar-refractivity contribution in [2.24, 2.45) is 0 Å². The number of amides is 1. The average Bonchev–Trinajstić information content (AvgIpc) is 3.23. The minimum Gasteiger partial charge on any atom is -0.497 e. The molecule has 2 aliphatic heterocycles. The third kappa shape index (κ3) is 5.99. The molecule has 31 heavy (non-hydrogen) atoms. The Morgan fingerprint density at radius 3 is 2.68 bits per heavy atom. The van der Waals surface area contributed by atoms with E-state index in [9.17, 15) is 4.79 Å². The van der Waals surface area contributed by atoms with Crippen LogP contribution in [0.15, 0.2) is 48.5 Å². The molecule has 0 N–H and O–H groups in total. The summed E-state index contributed by atoms with van der Waals surface area (Å²) in [6, 6.07) is 15.7. The molecule has 2 heterocycles. The van der Waals surface area contributed by atoms with Crippen molar-refractivity contribution in [3.63, 3.8) is 0 Å². The highest BCUT2D eigenvalue weighted by atomic mass is 16.5. The summed E-state index contributed by atoms with van der Waals surface area (Å²) in [7, 11) is 1.68. The van der Waals surface area contributed by atoms with Gasteiger partial charge < -0.3 is 19.1 Å². The zero-order chi connectivity index (χ0) is 21.5. The second-order valence-corrected chi connectivity index (χ2v) is 8.24. The summed E-state index contributed by atoms with van der Waals surface area (Å²) in [5, 5.41) is 0. The monoisotopic (exact) mass is 424 g/mol. The maximum absolute atomic E-state index is 13.1. The summed E-state index contributed by atoms with van der Waals surface area (Å²) >= 11 is 0. The SMILES string of the molecule is COc1ccc(CN2CCCN(C(=O)c3cccc(OCC4CCCO4)c3)CC2)cc1. The summed E-state index contributed by atoms with van der Waals surface area (Å²) in [5.41, 5.74) is 1.95. The Hall–Kier alpha value is -2.57. The molecule has 2 aromatic rings. The van der Waals surface area contributed by atoms with E-state index >= 15 is 0 Å². The molecule has 166 valence electrons. The van der Waals surface area contributed by atoms with Crippen molar-refractivity contribution in [1.82, 2.24) is 9.80 Å². The zero-order valence-electron chi connectivity index (χ0n) is 18.3. The van der Waals surface area contributed by atoms with Crippen molar-refractivity contribution >= 4 is 5.91 Å². The lowest BCUT2D eigenvalue weighted by Crippen LogP contribution is -2.35. The Kier molecular flexibility index (Phi) is 7.43. The lowest BCUT2D eigenvalue weighted by atomic mass is 10.2. The molecule has 2 aromatic carbocycles. The van der Waals surface area contributed by atoms with Gasteiger partial charge in [0.15, 0.2) is 0 Å². The number of hydrogen-bond donors (Lipinski definition) is 0. The molecule has 0 radical (unpaired) electrons. The number of hydrogen-bond acceptors (Lipinski definition) is 5. The highest BCUT2D eigenvalue weighted by Gasteiger charge is 2.21. The first-order valence-electron chi connectivity index (χ1n) is 11.2. The van der Waals surface area contributed by atoms with Crippen LogP contribution in [0.3, 0.4) is 0 Å². The maximum atomic E-state index is 13.1. The van der Waals surface area contributed by atoms with Crippen LogP contribution in [0.1, 0.15) is 35.2 Å². The normalized spacial score (nSPS) is 19.8. The van der Waals surface area contributed by atoms with Gasteiger partial charge in [-0.3, -0.25) is 9.69 Å². The van der Waals surface area contributed by atoms with Gasteiger partial charge in [-0.2, -0.15) is 0 Å². The van der Waals surface area contributed by atoms with E-state index in [-0.39, 0.29) is 12.0 Å². The first-order chi connectivity index (χ1) is 15.2. The number of carbonyl (C=O) groups excluding carboxylic acids is 1. The summed E-state index contributed by atoms with van der Waals surface area (Å²) in [6.45, 7) is 5.61. The van der Waals surface area contributed by atoms with E-state index in [0.717, 1.165) is 70.1 Å². The van der Waals surface area contributed by atoms with Gasteiger partial charge in [-0.1, -0.05) is 18.2 Å². The van der Waals surface area contributed by atoms with Gasteiger partial charge in [0.25, 0.3) is 5.91 Å². The van der Waals surface area contributed by atoms with Crippen LogP contribution in [-0.2, 0) is 11.3 Å². The van der Waals surface area contributed by atoms with Crippen molar-refractivity contribution in [1.29, 1.82) is 0 Å². The van der Waals surface area contributed by atoms with Gasteiger partial charge in [0.05, 0.1) is 13.2 Å². The fraction of sp³-hybridized carbons (Fsp3) is 0.480.